The summed E-state index contributed by atoms with van der Waals surface area (Å²) in [6.45, 7) is 15.1. The third-order valence-electron chi connectivity index (χ3n) is 4.49. The van der Waals surface area contributed by atoms with E-state index in [0.29, 0.717) is 6.61 Å². The van der Waals surface area contributed by atoms with Crippen LogP contribution in [0, 0.1) is 5.92 Å². The standard InChI is InChI=1S/C17H32O6Si/c1-12-10-17(20-4,23-14(3)13(12)2)15(16(18)19)22-11-21-8-9-24(5,6)7/h13-15H,1,8-11H2,2-7H3,(H,18,19)/t13-,14-,15-,17-/m1/s1. The molecule has 1 aliphatic heterocycles. The number of rotatable bonds is 9. The Labute approximate surface area is 146 Å². The number of carboxylic acids is 1. The Bertz CT molecular complexity index is 447. The van der Waals surface area contributed by atoms with Crippen molar-refractivity contribution in [3.63, 3.8) is 0 Å². The van der Waals surface area contributed by atoms with Gasteiger partial charge in [0.15, 0.2) is 0 Å². The number of ether oxygens (including phenoxy) is 4. The quantitative estimate of drug-likeness (QED) is 0.295. The molecule has 1 heterocycles. The molecule has 0 amide bonds. The molecule has 1 aliphatic rings. The third kappa shape index (κ3) is 5.67. The van der Waals surface area contributed by atoms with Crippen molar-refractivity contribution in [2.75, 3.05) is 20.5 Å². The second-order valence-corrected chi connectivity index (χ2v) is 13.3. The number of carboxylic acid groups (broad SMARTS) is 1. The fourth-order valence-corrected chi connectivity index (χ4v) is 3.35. The van der Waals surface area contributed by atoms with Gasteiger partial charge in [-0.1, -0.05) is 38.7 Å². The lowest BCUT2D eigenvalue weighted by molar-refractivity contribution is -0.315. The lowest BCUT2D eigenvalue weighted by Gasteiger charge is -2.45. The van der Waals surface area contributed by atoms with Crippen LogP contribution in [0.2, 0.25) is 25.7 Å². The molecule has 0 unspecified atom stereocenters. The van der Waals surface area contributed by atoms with Crippen LogP contribution in [-0.2, 0) is 23.7 Å². The minimum atomic E-state index is -1.38. The Balaban J connectivity index is 2.71. The predicted molar refractivity (Wildman–Crippen MR) is 94.7 cm³/mol. The van der Waals surface area contributed by atoms with Crippen molar-refractivity contribution in [1.82, 2.24) is 0 Å². The zero-order valence-electron chi connectivity index (χ0n) is 15.8. The van der Waals surface area contributed by atoms with Crippen LogP contribution in [-0.4, -0.2) is 57.7 Å². The van der Waals surface area contributed by atoms with Gasteiger partial charge in [0.1, 0.15) is 6.79 Å². The summed E-state index contributed by atoms with van der Waals surface area (Å²) in [6.07, 6.45) is -1.20. The molecular formula is C17H32O6Si. The highest BCUT2D eigenvalue weighted by Crippen LogP contribution is 2.39. The fraction of sp³-hybridized carbons (Fsp3) is 0.824. The van der Waals surface area contributed by atoms with Crippen molar-refractivity contribution >= 4 is 14.0 Å². The molecular weight excluding hydrogens is 328 g/mol. The van der Waals surface area contributed by atoms with Crippen LogP contribution in [0.4, 0.5) is 0 Å². The number of aliphatic carboxylic acids is 1. The van der Waals surface area contributed by atoms with Gasteiger partial charge in [-0.05, 0) is 13.0 Å². The van der Waals surface area contributed by atoms with E-state index in [4.69, 9.17) is 18.9 Å². The normalized spacial score (nSPS) is 29.5. The zero-order chi connectivity index (χ0) is 18.5. The average molecular weight is 361 g/mol. The molecule has 4 atom stereocenters. The number of methoxy groups -OCH3 is 1. The number of hydrogen-bond donors (Lipinski definition) is 1. The van der Waals surface area contributed by atoms with E-state index in [9.17, 15) is 9.90 Å². The average Bonchev–Trinajstić information content (AvgIpc) is 2.46. The predicted octanol–water partition coefficient (Wildman–Crippen LogP) is 3.11. The first-order chi connectivity index (χ1) is 11.0. The van der Waals surface area contributed by atoms with Gasteiger partial charge in [-0.15, -0.1) is 0 Å². The van der Waals surface area contributed by atoms with E-state index in [1.807, 2.05) is 13.8 Å². The number of hydrogen-bond acceptors (Lipinski definition) is 5. The SMILES string of the molecule is C=C1C[C@](OC)([C@H](OCOCC[Si](C)(C)C)C(=O)O)O[C@H](C)[C@@H]1C. The van der Waals surface area contributed by atoms with Gasteiger partial charge >= 0.3 is 5.97 Å². The highest BCUT2D eigenvalue weighted by Gasteiger charge is 2.51. The molecule has 0 aliphatic carbocycles. The third-order valence-corrected chi connectivity index (χ3v) is 6.19. The molecule has 0 spiro atoms. The largest absolute Gasteiger partial charge is 0.479 e. The van der Waals surface area contributed by atoms with Gasteiger partial charge in [-0.3, -0.25) is 0 Å². The van der Waals surface area contributed by atoms with E-state index in [1.54, 1.807) is 0 Å². The maximum Gasteiger partial charge on any atom is 0.338 e. The van der Waals surface area contributed by atoms with E-state index in [-0.39, 0.29) is 25.2 Å². The van der Waals surface area contributed by atoms with Crippen molar-refractivity contribution in [2.45, 2.75) is 63.9 Å². The maximum absolute atomic E-state index is 11.7. The molecule has 1 fully saturated rings. The highest BCUT2D eigenvalue weighted by molar-refractivity contribution is 6.76. The van der Waals surface area contributed by atoms with Crippen LogP contribution in [0.25, 0.3) is 0 Å². The van der Waals surface area contributed by atoms with Gasteiger partial charge in [0.05, 0.1) is 6.10 Å². The highest BCUT2D eigenvalue weighted by atomic mass is 28.3. The Morgan fingerprint density at radius 1 is 1.46 bits per heavy atom. The molecule has 0 radical (unpaired) electrons. The van der Waals surface area contributed by atoms with Gasteiger partial charge in [0.25, 0.3) is 0 Å². The summed E-state index contributed by atoms with van der Waals surface area (Å²) in [6, 6.07) is 0.991. The summed E-state index contributed by atoms with van der Waals surface area (Å²) in [5.41, 5.74) is 0.894. The van der Waals surface area contributed by atoms with Crippen molar-refractivity contribution in [3.05, 3.63) is 12.2 Å². The minimum absolute atomic E-state index is 0.105. The van der Waals surface area contributed by atoms with Gasteiger partial charge in [0, 0.05) is 34.1 Å². The summed E-state index contributed by atoms with van der Waals surface area (Å²) in [5, 5.41) is 9.58. The van der Waals surface area contributed by atoms with Crippen molar-refractivity contribution in [3.8, 4) is 0 Å². The summed E-state index contributed by atoms with van der Waals surface area (Å²) < 4.78 is 22.3. The number of carbonyl (C=O) groups is 1. The summed E-state index contributed by atoms with van der Waals surface area (Å²) in [4.78, 5) is 11.7. The van der Waals surface area contributed by atoms with Crippen molar-refractivity contribution in [2.24, 2.45) is 5.92 Å². The smallest absolute Gasteiger partial charge is 0.338 e. The van der Waals surface area contributed by atoms with Gasteiger partial charge in [-0.2, -0.15) is 0 Å². The van der Waals surface area contributed by atoms with Gasteiger partial charge in [0.2, 0.25) is 11.9 Å². The van der Waals surface area contributed by atoms with Crippen LogP contribution >= 0.6 is 0 Å². The molecule has 0 aromatic heterocycles. The lowest BCUT2D eigenvalue weighted by Crippen LogP contribution is -2.57. The molecule has 140 valence electrons. The van der Waals surface area contributed by atoms with E-state index in [0.717, 1.165) is 11.6 Å². The Hall–Kier alpha value is -0.733. The molecule has 0 aromatic carbocycles. The second kappa shape index (κ2) is 8.58. The van der Waals surface area contributed by atoms with Crippen LogP contribution in [0.5, 0.6) is 0 Å². The van der Waals surface area contributed by atoms with E-state index < -0.39 is 25.9 Å². The molecule has 0 saturated carbocycles. The molecule has 24 heavy (non-hydrogen) atoms. The van der Waals surface area contributed by atoms with Crippen molar-refractivity contribution in [1.29, 1.82) is 0 Å². The van der Waals surface area contributed by atoms with Crippen LogP contribution in [0.15, 0.2) is 12.2 Å². The van der Waals surface area contributed by atoms with Crippen LogP contribution < -0.4 is 0 Å². The molecule has 0 bridgehead atoms. The van der Waals surface area contributed by atoms with E-state index >= 15 is 0 Å². The molecule has 7 heteroatoms. The molecule has 6 nitrogen and oxygen atoms in total. The zero-order valence-corrected chi connectivity index (χ0v) is 16.8. The van der Waals surface area contributed by atoms with Crippen molar-refractivity contribution < 1.29 is 28.8 Å². The van der Waals surface area contributed by atoms with E-state index in [2.05, 4.69) is 26.2 Å². The monoisotopic (exact) mass is 360 g/mol. The molecule has 1 saturated heterocycles. The van der Waals surface area contributed by atoms with Gasteiger partial charge < -0.3 is 24.1 Å². The van der Waals surface area contributed by atoms with Crippen LogP contribution in [0.1, 0.15) is 20.3 Å². The minimum Gasteiger partial charge on any atom is -0.479 e. The van der Waals surface area contributed by atoms with Crippen LogP contribution in [0.3, 0.4) is 0 Å². The Kier molecular flexibility index (Phi) is 7.62. The first-order valence-corrected chi connectivity index (χ1v) is 12.1. The molecule has 1 N–H and O–H groups in total. The second-order valence-electron chi connectivity index (χ2n) is 7.68. The summed E-state index contributed by atoms with van der Waals surface area (Å²) in [5.74, 6) is -2.38. The van der Waals surface area contributed by atoms with Gasteiger partial charge in [-0.25, -0.2) is 4.79 Å². The fourth-order valence-electron chi connectivity index (χ4n) is 2.59. The first kappa shape index (κ1) is 21.3. The van der Waals surface area contributed by atoms with E-state index in [1.165, 1.54) is 7.11 Å². The summed E-state index contributed by atoms with van der Waals surface area (Å²) in [7, 11) is 0.238. The first-order valence-electron chi connectivity index (χ1n) is 8.35. The lowest BCUT2D eigenvalue weighted by atomic mass is 9.86. The summed E-state index contributed by atoms with van der Waals surface area (Å²) >= 11 is 0. The topological polar surface area (TPSA) is 74.2 Å². The maximum atomic E-state index is 11.7. The Morgan fingerprint density at radius 2 is 2.08 bits per heavy atom. The Morgan fingerprint density at radius 3 is 2.54 bits per heavy atom. The molecule has 0 aromatic rings. The molecule has 1 rings (SSSR count).